The summed E-state index contributed by atoms with van der Waals surface area (Å²) in [5, 5.41) is 8.18. The molecule has 0 radical (unpaired) electrons. The van der Waals surface area contributed by atoms with Crippen molar-refractivity contribution in [2.45, 2.75) is 19.9 Å². The van der Waals surface area contributed by atoms with Gasteiger partial charge in [0.2, 0.25) is 5.89 Å². The Morgan fingerprint density at radius 3 is 2.95 bits per heavy atom. The van der Waals surface area contributed by atoms with Crippen LogP contribution in [0.4, 0.5) is 0 Å². The van der Waals surface area contributed by atoms with Crippen molar-refractivity contribution in [3.8, 4) is 0 Å². The van der Waals surface area contributed by atoms with E-state index in [0.29, 0.717) is 18.3 Å². The summed E-state index contributed by atoms with van der Waals surface area (Å²) in [7, 11) is 0. The lowest BCUT2D eigenvalue weighted by Crippen LogP contribution is -2.16. The Morgan fingerprint density at radius 1 is 1.26 bits per heavy atom. The monoisotopic (exact) mass is 257 g/mol. The lowest BCUT2D eigenvalue weighted by Gasteiger charge is -1.99. The zero-order chi connectivity index (χ0) is 13.1. The van der Waals surface area contributed by atoms with Gasteiger partial charge in [-0.3, -0.25) is 0 Å². The maximum atomic E-state index is 5.71. The molecule has 2 heterocycles. The van der Waals surface area contributed by atoms with E-state index in [0.717, 1.165) is 29.7 Å². The summed E-state index contributed by atoms with van der Waals surface area (Å²) in [6.07, 6.45) is 0.723. The Balaban J connectivity index is 1.52. The maximum Gasteiger partial charge on any atom is 0.227 e. The first-order valence-electron chi connectivity index (χ1n) is 6.28. The summed E-state index contributed by atoms with van der Waals surface area (Å²) in [6.45, 7) is 3.29. The minimum Gasteiger partial charge on any atom is -0.460 e. The topological polar surface area (TPSA) is 64.1 Å². The van der Waals surface area contributed by atoms with Crippen LogP contribution >= 0.6 is 0 Å². The van der Waals surface area contributed by atoms with Gasteiger partial charge in [-0.25, -0.2) is 0 Å². The summed E-state index contributed by atoms with van der Waals surface area (Å²) >= 11 is 0. The molecule has 0 unspecified atom stereocenters. The second kappa shape index (κ2) is 5.24. The standard InChI is InChI=1S/C14H15N3O2/c1-10-16-14(19-17-10)6-7-15-9-12-8-11-4-2-3-5-13(11)18-12/h2-5,8,15H,6-7,9H2,1H3. The number of rotatable bonds is 5. The fourth-order valence-corrected chi connectivity index (χ4v) is 1.97. The molecular weight excluding hydrogens is 242 g/mol. The predicted octanol–water partition coefficient (Wildman–Crippen LogP) is 2.46. The van der Waals surface area contributed by atoms with E-state index in [4.69, 9.17) is 8.94 Å². The molecule has 3 rings (SSSR count). The van der Waals surface area contributed by atoms with Gasteiger partial charge in [0, 0.05) is 18.4 Å². The number of nitrogens with one attached hydrogen (secondary N) is 1. The molecule has 3 aromatic rings. The van der Waals surface area contributed by atoms with E-state index in [1.807, 2.05) is 31.2 Å². The lowest BCUT2D eigenvalue weighted by atomic mass is 10.2. The highest BCUT2D eigenvalue weighted by Crippen LogP contribution is 2.18. The Morgan fingerprint density at radius 2 is 2.16 bits per heavy atom. The number of aromatic nitrogens is 2. The molecule has 5 heteroatoms. The second-order valence-corrected chi connectivity index (χ2v) is 4.41. The maximum absolute atomic E-state index is 5.71. The minimum absolute atomic E-state index is 0.662. The van der Waals surface area contributed by atoms with E-state index >= 15 is 0 Å². The zero-order valence-electron chi connectivity index (χ0n) is 10.7. The number of fused-ring (bicyclic) bond motifs is 1. The first kappa shape index (κ1) is 11.9. The Bertz CT molecular complexity index is 639. The Labute approximate surface area is 110 Å². The number of benzene rings is 1. The van der Waals surface area contributed by atoms with Crippen LogP contribution in [0.1, 0.15) is 17.5 Å². The fraction of sp³-hybridized carbons (Fsp3) is 0.286. The number of nitrogens with zero attached hydrogens (tertiary/aromatic N) is 2. The molecule has 2 aromatic heterocycles. The molecule has 0 saturated heterocycles. The molecule has 0 aliphatic heterocycles. The summed E-state index contributed by atoms with van der Waals surface area (Å²) < 4.78 is 10.8. The third-order valence-electron chi connectivity index (χ3n) is 2.86. The molecule has 0 fully saturated rings. The highest BCUT2D eigenvalue weighted by molar-refractivity contribution is 5.77. The molecule has 19 heavy (non-hydrogen) atoms. The molecule has 0 saturated carbocycles. The predicted molar refractivity (Wildman–Crippen MR) is 70.7 cm³/mol. The molecule has 0 atom stereocenters. The Hall–Kier alpha value is -2.14. The van der Waals surface area contributed by atoms with Gasteiger partial charge < -0.3 is 14.3 Å². The van der Waals surface area contributed by atoms with E-state index in [1.54, 1.807) is 0 Å². The number of hydrogen-bond donors (Lipinski definition) is 1. The third-order valence-corrected chi connectivity index (χ3v) is 2.86. The summed E-state index contributed by atoms with van der Waals surface area (Å²) in [5.74, 6) is 2.27. The van der Waals surface area contributed by atoms with Gasteiger partial charge in [0.25, 0.3) is 0 Å². The average Bonchev–Trinajstić information content (AvgIpc) is 3.00. The highest BCUT2D eigenvalue weighted by atomic mass is 16.5. The molecule has 98 valence electrons. The number of furan rings is 1. The van der Waals surface area contributed by atoms with E-state index < -0.39 is 0 Å². The van der Waals surface area contributed by atoms with Crippen LogP contribution in [0.15, 0.2) is 39.3 Å². The smallest absolute Gasteiger partial charge is 0.227 e. The fourth-order valence-electron chi connectivity index (χ4n) is 1.97. The van der Waals surface area contributed by atoms with Crippen LogP contribution in [-0.2, 0) is 13.0 Å². The van der Waals surface area contributed by atoms with Crippen LogP contribution in [0.3, 0.4) is 0 Å². The Kier molecular flexibility index (Phi) is 3.29. The minimum atomic E-state index is 0.662. The van der Waals surface area contributed by atoms with Crippen molar-refractivity contribution >= 4 is 11.0 Å². The molecule has 0 bridgehead atoms. The lowest BCUT2D eigenvalue weighted by molar-refractivity contribution is 0.371. The van der Waals surface area contributed by atoms with Crippen LogP contribution in [0.25, 0.3) is 11.0 Å². The van der Waals surface area contributed by atoms with Gasteiger partial charge in [-0.05, 0) is 19.1 Å². The van der Waals surface area contributed by atoms with E-state index in [-0.39, 0.29) is 0 Å². The van der Waals surface area contributed by atoms with Crippen LogP contribution < -0.4 is 5.32 Å². The third kappa shape index (κ3) is 2.82. The van der Waals surface area contributed by atoms with Gasteiger partial charge in [0.15, 0.2) is 5.82 Å². The molecule has 0 spiro atoms. The van der Waals surface area contributed by atoms with Crippen molar-refractivity contribution in [1.82, 2.24) is 15.5 Å². The number of para-hydroxylation sites is 1. The highest BCUT2D eigenvalue weighted by Gasteiger charge is 2.04. The summed E-state index contributed by atoms with van der Waals surface area (Å²) in [4.78, 5) is 4.15. The molecule has 0 aliphatic carbocycles. The first-order valence-corrected chi connectivity index (χ1v) is 6.28. The number of hydrogen-bond acceptors (Lipinski definition) is 5. The van der Waals surface area contributed by atoms with Gasteiger partial charge in [0.1, 0.15) is 11.3 Å². The molecular formula is C14H15N3O2. The van der Waals surface area contributed by atoms with Crippen molar-refractivity contribution in [3.05, 3.63) is 47.8 Å². The van der Waals surface area contributed by atoms with Gasteiger partial charge in [0.05, 0.1) is 6.54 Å². The largest absolute Gasteiger partial charge is 0.460 e. The molecule has 1 aromatic carbocycles. The van der Waals surface area contributed by atoms with Crippen molar-refractivity contribution in [2.75, 3.05) is 6.54 Å². The van der Waals surface area contributed by atoms with Crippen molar-refractivity contribution in [1.29, 1.82) is 0 Å². The van der Waals surface area contributed by atoms with Crippen LogP contribution in [0.5, 0.6) is 0 Å². The molecule has 0 amide bonds. The van der Waals surface area contributed by atoms with Crippen LogP contribution in [0, 0.1) is 6.92 Å². The quantitative estimate of drug-likeness (QED) is 0.711. The number of aryl methyl sites for hydroxylation is 1. The van der Waals surface area contributed by atoms with Crippen molar-refractivity contribution in [2.24, 2.45) is 0 Å². The van der Waals surface area contributed by atoms with Crippen LogP contribution in [0.2, 0.25) is 0 Å². The average molecular weight is 257 g/mol. The van der Waals surface area contributed by atoms with Gasteiger partial charge in [-0.15, -0.1) is 0 Å². The first-order chi connectivity index (χ1) is 9.31. The summed E-state index contributed by atoms with van der Waals surface area (Å²) in [5.41, 5.74) is 0.923. The van der Waals surface area contributed by atoms with Crippen molar-refractivity contribution < 1.29 is 8.94 Å². The van der Waals surface area contributed by atoms with Crippen molar-refractivity contribution in [3.63, 3.8) is 0 Å². The molecule has 1 N–H and O–H groups in total. The normalized spacial score (nSPS) is 11.2. The van der Waals surface area contributed by atoms with E-state index in [1.165, 1.54) is 0 Å². The molecule has 0 aliphatic rings. The van der Waals surface area contributed by atoms with Crippen LogP contribution in [-0.4, -0.2) is 16.7 Å². The SMILES string of the molecule is Cc1noc(CCNCc2cc3ccccc3o2)n1. The second-order valence-electron chi connectivity index (χ2n) is 4.41. The van der Waals surface area contributed by atoms with E-state index in [2.05, 4.69) is 21.5 Å². The van der Waals surface area contributed by atoms with Gasteiger partial charge in [-0.2, -0.15) is 4.98 Å². The zero-order valence-corrected chi connectivity index (χ0v) is 10.7. The van der Waals surface area contributed by atoms with E-state index in [9.17, 15) is 0 Å². The summed E-state index contributed by atoms with van der Waals surface area (Å²) in [6, 6.07) is 10.1. The molecule has 5 nitrogen and oxygen atoms in total. The van der Waals surface area contributed by atoms with Gasteiger partial charge >= 0.3 is 0 Å². The van der Waals surface area contributed by atoms with Gasteiger partial charge in [-0.1, -0.05) is 23.4 Å².